The van der Waals surface area contributed by atoms with Crippen molar-refractivity contribution < 1.29 is 9.22 Å². The molecule has 0 saturated carbocycles. The second kappa shape index (κ2) is 12.9. The van der Waals surface area contributed by atoms with Crippen molar-refractivity contribution in [2.24, 2.45) is 0 Å². The van der Waals surface area contributed by atoms with E-state index in [1.165, 1.54) is 0 Å². The lowest BCUT2D eigenvalue weighted by Crippen LogP contribution is -2.11. The van der Waals surface area contributed by atoms with Crippen molar-refractivity contribution >= 4 is 11.0 Å². The minimum absolute atomic E-state index is 0.0777. The number of benzene rings is 6. The van der Waals surface area contributed by atoms with E-state index in [4.69, 9.17) is 14.1 Å². The summed E-state index contributed by atoms with van der Waals surface area (Å²) in [6, 6.07) is 49.4. The molecule has 0 unspecified atom stereocenters. The molecule has 0 spiro atoms. The molecule has 0 aliphatic rings. The van der Waals surface area contributed by atoms with Gasteiger partial charge in [-0.05, 0) is 106 Å². The summed E-state index contributed by atoms with van der Waals surface area (Å²) < 4.78 is 27.6. The van der Waals surface area contributed by atoms with Gasteiger partial charge in [-0.15, -0.1) is 0 Å². The minimum Gasteiger partial charge on any atom is -0.507 e. The Balaban J connectivity index is 1.37. The fourth-order valence-corrected chi connectivity index (χ4v) is 6.74. The standard InChI is InChI=1S/C47H39N3O/c1-31-26-38(22-23-39(31)33-16-9-6-10-17-33)50-43-20-13-19-40(45(43)49-46(50)41-18-11-12-21-44(41)51)35-27-36(29-37(28-35)47(2,3)4)42-30-34(24-25-48-42)32-14-7-5-8-15-32/h5-30,51H,1-4H3/i1D3. The Bertz CT molecular complexity index is 2640. The first-order valence-electron chi connectivity index (χ1n) is 18.6. The van der Waals surface area contributed by atoms with Gasteiger partial charge in [0.15, 0.2) is 0 Å². The first-order chi connectivity index (χ1) is 26.0. The van der Waals surface area contributed by atoms with Crippen LogP contribution < -0.4 is 0 Å². The summed E-state index contributed by atoms with van der Waals surface area (Å²) in [5.74, 6) is 0.581. The Morgan fingerprint density at radius 1 is 0.588 bits per heavy atom. The average Bonchev–Trinajstić information content (AvgIpc) is 3.57. The van der Waals surface area contributed by atoms with E-state index in [2.05, 4.69) is 63.2 Å². The maximum Gasteiger partial charge on any atom is 0.149 e. The summed E-state index contributed by atoms with van der Waals surface area (Å²) in [7, 11) is 0. The Morgan fingerprint density at radius 2 is 1.29 bits per heavy atom. The molecule has 0 radical (unpaired) electrons. The molecule has 6 aromatic carbocycles. The summed E-state index contributed by atoms with van der Waals surface area (Å²) in [5.41, 5.74) is 11.3. The molecule has 2 heterocycles. The second-order valence-corrected chi connectivity index (χ2v) is 13.9. The van der Waals surface area contributed by atoms with Crippen LogP contribution in [0.4, 0.5) is 0 Å². The molecule has 0 saturated heterocycles. The summed E-state index contributed by atoms with van der Waals surface area (Å²) in [5, 5.41) is 11.2. The predicted molar refractivity (Wildman–Crippen MR) is 211 cm³/mol. The summed E-state index contributed by atoms with van der Waals surface area (Å²) >= 11 is 0. The number of phenolic OH excluding ortho intramolecular Hbond substituents is 1. The Labute approximate surface area is 303 Å². The number of para-hydroxylation sites is 2. The molecule has 1 N–H and O–H groups in total. The van der Waals surface area contributed by atoms with E-state index in [9.17, 15) is 5.11 Å². The summed E-state index contributed by atoms with van der Waals surface area (Å²) in [6.45, 7) is 4.23. The largest absolute Gasteiger partial charge is 0.507 e. The minimum atomic E-state index is -2.38. The zero-order chi connectivity index (χ0) is 37.6. The van der Waals surface area contributed by atoms with E-state index in [1.54, 1.807) is 18.2 Å². The quantitative estimate of drug-likeness (QED) is 0.192. The van der Waals surface area contributed by atoms with E-state index in [0.717, 1.165) is 55.7 Å². The number of fused-ring (bicyclic) bond motifs is 1. The third kappa shape index (κ3) is 6.10. The lowest BCUT2D eigenvalue weighted by atomic mass is 9.83. The first-order valence-corrected chi connectivity index (χ1v) is 17.1. The van der Waals surface area contributed by atoms with Crippen molar-refractivity contribution in [2.45, 2.75) is 33.0 Å². The normalized spacial score (nSPS) is 12.7. The van der Waals surface area contributed by atoms with Crippen molar-refractivity contribution in [1.82, 2.24) is 14.5 Å². The van der Waals surface area contributed by atoms with Gasteiger partial charge in [-0.1, -0.05) is 118 Å². The highest BCUT2D eigenvalue weighted by Crippen LogP contribution is 2.40. The summed E-state index contributed by atoms with van der Waals surface area (Å²) in [4.78, 5) is 10.1. The highest BCUT2D eigenvalue weighted by atomic mass is 16.3. The van der Waals surface area contributed by atoms with Gasteiger partial charge in [0.1, 0.15) is 11.6 Å². The van der Waals surface area contributed by atoms with Crippen LogP contribution in [0.1, 0.15) is 36.0 Å². The Hall–Kier alpha value is -6.26. The number of hydrogen-bond acceptors (Lipinski definition) is 3. The first kappa shape index (κ1) is 28.6. The zero-order valence-electron chi connectivity index (χ0n) is 31.8. The van der Waals surface area contributed by atoms with E-state index in [1.807, 2.05) is 102 Å². The topological polar surface area (TPSA) is 50.9 Å². The molecule has 0 aliphatic carbocycles. The maximum atomic E-state index is 11.2. The SMILES string of the molecule is [2H]C([2H])([2H])c1cc(-n2c(-c3ccccc3O)nc3c(-c4cc(-c5cc(-c6ccccc6)ccn5)cc(C(C)(C)C)c4)cccc32)ccc1-c1ccccc1. The molecule has 4 heteroatoms. The van der Waals surface area contributed by atoms with Crippen LogP contribution in [0, 0.1) is 6.85 Å². The fourth-order valence-electron chi connectivity index (χ4n) is 6.74. The molecular weight excluding hydrogens is 623 g/mol. The number of imidazole rings is 1. The number of nitrogens with zero attached hydrogens (tertiary/aromatic N) is 3. The lowest BCUT2D eigenvalue weighted by Gasteiger charge is -2.22. The molecule has 0 atom stereocenters. The van der Waals surface area contributed by atoms with Crippen LogP contribution in [0.5, 0.6) is 5.75 Å². The highest BCUT2D eigenvalue weighted by Gasteiger charge is 2.22. The Kier molecular flexibility index (Phi) is 7.22. The predicted octanol–water partition coefficient (Wildman–Crippen LogP) is 12.1. The van der Waals surface area contributed by atoms with Gasteiger partial charge in [-0.3, -0.25) is 9.55 Å². The highest BCUT2D eigenvalue weighted by molar-refractivity contribution is 5.97. The van der Waals surface area contributed by atoms with Gasteiger partial charge in [-0.2, -0.15) is 0 Å². The second-order valence-electron chi connectivity index (χ2n) is 13.9. The zero-order valence-corrected chi connectivity index (χ0v) is 28.8. The average molecular weight is 665 g/mol. The van der Waals surface area contributed by atoms with Crippen molar-refractivity contribution in [3.05, 3.63) is 169 Å². The van der Waals surface area contributed by atoms with Gasteiger partial charge in [0.2, 0.25) is 0 Å². The third-order valence-electron chi connectivity index (χ3n) is 9.45. The number of aromatic hydroxyl groups is 1. The number of pyridine rings is 1. The van der Waals surface area contributed by atoms with Gasteiger partial charge in [0.25, 0.3) is 0 Å². The number of rotatable bonds is 6. The van der Waals surface area contributed by atoms with Crippen LogP contribution >= 0.6 is 0 Å². The number of aromatic nitrogens is 3. The van der Waals surface area contributed by atoms with Crippen molar-refractivity contribution in [3.8, 4) is 67.5 Å². The number of aryl methyl sites for hydroxylation is 1. The molecule has 4 nitrogen and oxygen atoms in total. The van der Waals surface area contributed by atoms with Crippen molar-refractivity contribution in [3.63, 3.8) is 0 Å². The van der Waals surface area contributed by atoms with E-state index >= 15 is 0 Å². The molecule has 0 aliphatic heterocycles. The molecule has 51 heavy (non-hydrogen) atoms. The van der Waals surface area contributed by atoms with Gasteiger partial charge in [-0.25, -0.2) is 4.98 Å². The molecular formula is C47H39N3O. The smallest absolute Gasteiger partial charge is 0.149 e. The van der Waals surface area contributed by atoms with Gasteiger partial charge in [0, 0.05) is 27.1 Å². The maximum absolute atomic E-state index is 11.2. The van der Waals surface area contributed by atoms with Crippen LogP contribution in [-0.2, 0) is 5.41 Å². The monoisotopic (exact) mass is 664 g/mol. The van der Waals surface area contributed by atoms with E-state index in [0.29, 0.717) is 22.6 Å². The van der Waals surface area contributed by atoms with Crippen molar-refractivity contribution in [2.75, 3.05) is 0 Å². The molecule has 0 bridgehead atoms. The molecule has 8 aromatic rings. The summed E-state index contributed by atoms with van der Waals surface area (Å²) in [6.07, 6.45) is 1.86. The van der Waals surface area contributed by atoms with Crippen LogP contribution in [0.25, 0.3) is 72.7 Å². The molecule has 0 fully saturated rings. The van der Waals surface area contributed by atoms with Gasteiger partial charge < -0.3 is 5.11 Å². The van der Waals surface area contributed by atoms with Gasteiger partial charge in [0.05, 0.1) is 22.3 Å². The molecule has 2 aromatic heterocycles. The van der Waals surface area contributed by atoms with Gasteiger partial charge >= 0.3 is 0 Å². The van der Waals surface area contributed by atoms with Crippen molar-refractivity contribution in [1.29, 1.82) is 0 Å². The van der Waals surface area contributed by atoms with Crippen LogP contribution in [0.15, 0.2) is 158 Å². The lowest BCUT2D eigenvalue weighted by molar-refractivity contribution is 0.477. The fraction of sp³-hybridized carbons (Fsp3) is 0.106. The third-order valence-corrected chi connectivity index (χ3v) is 9.45. The van der Waals surface area contributed by atoms with Crippen LogP contribution in [-0.4, -0.2) is 19.6 Å². The Morgan fingerprint density at radius 3 is 2.04 bits per heavy atom. The molecule has 0 amide bonds. The molecule has 248 valence electrons. The van der Waals surface area contributed by atoms with E-state index < -0.39 is 6.85 Å². The molecule has 8 rings (SSSR count). The number of phenols is 1. The van der Waals surface area contributed by atoms with Crippen LogP contribution in [0.3, 0.4) is 0 Å². The number of hydrogen-bond donors (Lipinski definition) is 1. The van der Waals surface area contributed by atoms with Crippen LogP contribution in [0.2, 0.25) is 0 Å². The van der Waals surface area contributed by atoms with E-state index in [-0.39, 0.29) is 16.7 Å².